The third-order valence-corrected chi connectivity index (χ3v) is 3.60. The second-order valence-electron chi connectivity index (χ2n) is 5.54. The number of hydrogen-bond acceptors (Lipinski definition) is 6. The first-order chi connectivity index (χ1) is 10.2. The van der Waals surface area contributed by atoms with Gasteiger partial charge in [0.05, 0.1) is 19.3 Å². The minimum Gasteiger partial charge on any atom is -0.383 e. The van der Waals surface area contributed by atoms with E-state index in [1.54, 1.807) is 14.2 Å². The van der Waals surface area contributed by atoms with E-state index in [9.17, 15) is 0 Å². The molecular formula is C15H26N4O2. The van der Waals surface area contributed by atoms with Gasteiger partial charge in [-0.3, -0.25) is 0 Å². The van der Waals surface area contributed by atoms with Crippen molar-refractivity contribution < 1.29 is 9.47 Å². The van der Waals surface area contributed by atoms with E-state index in [1.807, 2.05) is 12.4 Å². The van der Waals surface area contributed by atoms with Crippen LogP contribution in [0.5, 0.6) is 0 Å². The molecule has 0 spiro atoms. The van der Waals surface area contributed by atoms with Crippen LogP contribution in [0.1, 0.15) is 25.3 Å². The monoisotopic (exact) mass is 294 g/mol. The summed E-state index contributed by atoms with van der Waals surface area (Å²) in [6, 6.07) is 0.908. The Bertz CT molecular complexity index is 409. The second kappa shape index (κ2) is 8.26. The van der Waals surface area contributed by atoms with E-state index in [4.69, 9.17) is 9.47 Å². The first-order valence-electron chi connectivity index (χ1n) is 7.53. The van der Waals surface area contributed by atoms with Crippen molar-refractivity contribution in [3.05, 3.63) is 18.0 Å². The van der Waals surface area contributed by atoms with Crippen LogP contribution in [0.2, 0.25) is 0 Å². The molecule has 0 radical (unpaired) electrons. The number of ether oxygens (including phenoxy) is 2. The predicted molar refractivity (Wildman–Crippen MR) is 82.5 cm³/mol. The van der Waals surface area contributed by atoms with Gasteiger partial charge in [0, 0.05) is 51.3 Å². The van der Waals surface area contributed by atoms with Crippen LogP contribution in [-0.4, -0.2) is 56.0 Å². The molecule has 21 heavy (non-hydrogen) atoms. The van der Waals surface area contributed by atoms with Gasteiger partial charge in [-0.15, -0.1) is 0 Å². The zero-order valence-electron chi connectivity index (χ0n) is 13.2. The standard InChI is InChI=1S/C15H26N4O2/c1-12(11-21-3)19(6-7-20-2)15-17-9-13(10-18-15)8-16-14-4-5-14/h9-10,12,14,16H,4-8,11H2,1-3H3. The van der Waals surface area contributed by atoms with Crippen molar-refractivity contribution in [1.82, 2.24) is 15.3 Å². The van der Waals surface area contributed by atoms with E-state index in [1.165, 1.54) is 12.8 Å². The zero-order chi connectivity index (χ0) is 15.1. The number of nitrogens with zero attached hydrogens (tertiary/aromatic N) is 3. The Kier molecular flexibility index (Phi) is 6.35. The number of aromatic nitrogens is 2. The molecule has 0 amide bonds. The quantitative estimate of drug-likeness (QED) is 0.700. The summed E-state index contributed by atoms with van der Waals surface area (Å²) in [4.78, 5) is 11.1. The van der Waals surface area contributed by atoms with Crippen LogP contribution in [-0.2, 0) is 16.0 Å². The topological polar surface area (TPSA) is 59.5 Å². The molecule has 0 saturated heterocycles. The van der Waals surface area contributed by atoms with E-state index < -0.39 is 0 Å². The van der Waals surface area contributed by atoms with Crippen LogP contribution in [0.3, 0.4) is 0 Å². The van der Waals surface area contributed by atoms with Gasteiger partial charge in [-0.05, 0) is 19.8 Å². The fraction of sp³-hybridized carbons (Fsp3) is 0.733. The summed E-state index contributed by atoms with van der Waals surface area (Å²) in [7, 11) is 3.41. The predicted octanol–water partition coefficient (Wildman–Crippen LogP) is 1.22. The zero-order valence-corrected chi connectivity index (χ0v) is 13.2. The highest BCUT2D eigenvalue weighted by Gasteiger charge is 2.20. The number of rotatable bonds is 10. The van der Waals surface area contributed by atoms with E-state index in [0.29, 0.717) is 19.3 Å². The lowest BCUT2D eigenvalue weighted by Gasteiger charge is -2.28. The minimum absolute atomic E-state index is 0.209. The normalized spacial score (nSPS) is 16.0. The summed E-state index contributed by atoms with van der Waals surface area (Å²) in [6.45, 7) is 4.98. The Morgan fingerprint density at radius 3 is 2.57 bits per heavy atom. The Morgan fingerprint density at radius 2 is 2.00 bits per heavy atom. The maximum Gasteiger partial charge on any atom is 0.225 e. The van der Waals surface area contributed by atoms with E-state index in [0.717, 1.165) is 24.6 Å². The Hall–Kier alpha value is -1.24. The molecule has 1 fully saturated rings. The average Bonchev–Trinajstić information content (AvgIpc) is 3.31. The van der Waals surface area contributed by atoms with E-state index in [-0.39, 0.29) is 6.04 Å². The molecule has 1 N–H and O–H groups in total. The van der Waals surface area contributed by atoms with Crippen molar-refractivity contribution in [3.8, 4) is 0 Å². The van der Waals surface area contributed by atoms with Crippen LogP contribution in [0.15, 0.2) is 12.4 Å². The van der Waals surface area contributed by atoms with Gasteiger partial charge in [-0.1, -0.05) is 0 Å². The smallest absolute Gasteiger partial charge is 0.225 e. The molecular weight excluding hydrogens is 268 g/mol. The largest absolute Gasteiger partial charge is 0.383 e. The lowest BCUT2D eigenvalue weighted by Crippen LogP contribution is -2.39. The highest BCUT2D eigenvalue weighted by molar-refractivity contribution is 5.31. The lowest BCUT2D eigenvalue weighted by atomic mass is 10.3. The van der Waals surface area contributed by atoms with Gasteiger partial charge in [0.25, 0.3) is 0 Å². The molecule has 1 aromatic rings. The van der Waals surface area contributed by atoms with Gasteiger partial charge in [-0.2, -0.15) is 0 Å². The minimum atomic E-state index is 0.209. The molecule has 0 aliphatic heterocycles. The maximum absolute atomic E-state index is 5.23. The molecule has 1 aliphatic rings. The highest BCUT2D eigenvalue weighted by atomic mass is 16.5. The molecule has 0 aromatic carbocycles. The molecule has 2 rings (SSSR count). The van der Waals surface area contributed by atoms with Crippen molar-refractivity contribution in [1.29, 1.82) is 0 Å². The Labute approximate surface area is 126 Å². The van der Waals surface area contributed by atoms with Gasteiger partial charge in [-0.25, -0.2) is 9.97 Å². The molecule has 6 heteroatoms. The fourth-order valence-electron chi connectivity index (χ4n) is 2.18. The van der Waals surface area contributed by atoms with E-state index in [2.05, 4.69) is 27.1 Å². The van der Waals surface area contributed by atoms with Gasteiger partial charge >= 0.3 is 0 Å². The summed E-state index contributed by atoms with van der Waals surface area (Å²) in [5.41, 5.74) is 1.12. The number of methoxy groups -OCH3 is 2. The molecule has 118 valence electrons. The summed E-state index contributed by atoms with van der Waals surface area (Å²) >= 11 is 0. The Morgan fingerprint density at radius 1 is 1.29 bits per heavy atom. The van der Waals surface area contributed by atoms with E-state index >= 15 is 0 Å². The molecule has 1 unspecified atom stereocenters. The first kappa shape index (κ1) is 16.1. The van der Waals surface area contributed by atoms with Crippen LogP contribution in [0, 0.1) is 0 Å². The maximum atomic E-state index is 5.23. The summed E-state index contributed by atoms with van der Waals surface area (Å²) in [6.07, 6.45) is 6.38. The van der Waals surface area contributed by atoms with Gasteiger partial charge in [0.1, 0.15) is 0 Å². The highest BCUT2D eigenvalue weighted by Crippen LogP contribution is 2.19. The molecule has 6 nitrogen and oxygen atoms in total. The first-order valence-corrected chi connectivity index (χ1v) is 7.53. The van der Waals surface area contributed by atoms with Crippen molar-refractivity contribution in [3.63, 3.8) is 0 Å². The number of hydrogen-bond donors (Lipinski definition) is 1. The summed E-state index contributed by atoms with van der Waals surface area (Å²) in [5.74, 6) is 0.728. The average molecular weight is 294 g/mol. The van der Waals surface area contributed by atoms with Gasteiger partial charge < -0.3 is 19.7 Å². The van der Waals surface area contributed by atoms with Crippen molar-refractivity contribution in [2.45, 2.75) is 38.4 Å². The van der Waals surface area contributed by atoms with Gasteiger partial charge in [0.15, 0.2) is 0 Å². The van der Waals surface area contributed by atoms with Crippen LogP contribution < -0.4 is 10.2 Å². The van der Waals surface area contributed by atoms with Crippen LogP contribution in [0.4, 0.5) is 5.95 Å². The summed E-state index contributed by atoms with van der Waals surface area (Å²) in [5, 5.41) is 3.47. The van der Waals surface area contributed by atoms with Crippen molar-refractivity contribution in [2.75, 3.05) is 38.9 Å². The second-order valence-corrected chi connectivity index (χ2v) is 5.54. The molecule has 1 saturated carbocycles. The summed E-state index contributed by atoms with van der Waals surface area (Å²) < 4.78 is 10.4. The molecule has 1 heterocycles. The molecule has 1 aromatic heterocycles. The lowest BCUT2D eigenvalue weighted by molar-refractivity contribution is 0.170. The fourth-order valence-corrected chi connectivity index (χ4v) is 2.18. The SMILES string of the molecule is COCCN(c1ncc(CNC2CC2)cn1)C(C)COC. The van der Waals surface area contributed by atoms with Crippen LogP contribution >= 0.6 is 0 Å². The molecule has 1 aliphatic carbocycles. The third kappa shape index (κ3) is 5.22. The number of anilines is 1. The molecule has 0 bridgehead atoms. The van der Waals surface area contributed by atoms with Crippen molar-refractivity contribution in [2.24, 2.45) is 0 Å². The van der Waals surface area contributed by atoms with Crippen molar-refractivity contribution >= 4 is 5.95 Å². The number of nitrogens with one attached hydrogen (secondary N) is 1. The third-order valence-electron chi connectivity index (χ3n) is 3.60. The van der Waals surface area contributed by atoms with Crippen LogP contribution in [0.25, 0.3) is 0 Å². The van der Waals surface area contributed by atoms with Gasteiger partial charge in [0.2, 0.25) is 5.95 Å². The Balaban J connectivity index is 1.96. The molecule has 1 atom stereocenters.